The summed E-state index contributed by atoms with van der Waals surface area (Å²) >= 11 is 0. The molecule has 0 heterocycles. The molecule has 0 aromatic carbocycles. The summed E-state index contributed by atoms with van der Waals surface area (Å²) < 4.78 is 0. The maximum atomic E-state index is 12.3. The maximum Gasteiger partial charge on any atom is 0.143 e. The minimum Gasteiger partial charge on any atom is -0.299 e. The van der Waals surface area contributed by atoms with Gasteiger partial charge in [-0.15, -0.1) is 0 Å². The van der Waals surface area contributed by atoms with Crippen molar-refractivity contribution >= 4 is 5.78 Å². The number of Topliss-reactive ketones (excluding diaryl/α,β-unsaturated/α-hetero) is 1. The lowest BCUT2D eigenvalue weighted by molar-refractivity contribution is -0.124. The summed E-state index contributed by atoms with van der Waals surface area (Å²) in [4.78, 5) is 12.3. The van der Waals surface area contributed by atoms with Gasteiger partial charge >= 0.3 is 0 Å². The first-order valence-corrected chi connectivity index (χ1v) is 6.88. The second kappa shape index (κ2) is 4.73. The highest BCUT2D eigenvalue weighted by atomic mass is 16.1. The molecule has 0 radical (unpaired) electrons. The van der Waals surface area contributed by atoms with E-state index in [4.69, 9.17) is 0 Å². The Morgan fingerprint density at radius 1 is 1.31 bits per heavy atom. The van der Waals surface area contributed by atoms with Gasteiger partial charge in [-0.2, -0.15) is 0 Å². The maximum absolute atomic E-state index is 12.3. The number of carbonyl (C=O) groups is 1. The van der Waals surface area contributed by atoms with Crippen LogP contribution in [0.3, 0.4) is 0 Å². The first-order valence-electron chi connectivity index (χ1n) is 6.88. The van der Waals surface area contributed by atoms with Crippen LogP contribution in [0.15, 0.2) is 11.6 Å². The molecule has 0 bridgehead atoms. The normalized spacial score (nSPS) is 30.2. The molecule has 16 heavy (non-hydrogen) atoms. The van der Waals surface area contributed by atoms with Gasteiger partial charge < -0.3 is 0 Å². The molecule has 0 N–H and O–H groups in total. The summed E-state index contributed by atoms with van der Waals surface area (Å²) in [5.41, 5.74) is 1.48. The minimum absolute atomic E-state index is 0.0131. The summed E-state index contributed by atoms with van der Waals surface area (Å²) in [7, 11) is 0. The molecule has 1 saturated carbocycles. The van der Waals surface area contributed by atoms with Crippen LogP contribution in [0.1, 0.15) is 65.2 Å². The van der Waals surface area contributed by atoms with Crippen molar-refractivity contribution in [1.82, 2.24) is 0 Å². The number of ketones is 1. The zero-order chi connectivity index (χ0) is 11.6. The van der Waals surface area contributed by atoms with E-state index in [0.717, 1.165) is 25.7 Å². The molecule has 2 aliphatic rings. The molecule has 1 atom stereocenters. The summed E-state index contributed by atoms with van der Waals surface area (Å²) in [6.45, 7) is 4.52. The summed E-state index contributed by atoms with van der Waals surface area (Å²) in [5.74, 6) is 1.26. The van der Waals surface area contributed by atoms with Crippen LogP contribution in [0.5, 0.6) is 0 Å². The molecule has 2 aliphatic carbocycles. The molecule has 1 unspecified atom stereocenters. The smallest absolute Gasteiger partial charge is 0.143 e. The van der Waals surface area contributed by atoms with Gasteiger partial charge in [-0.1, -0.05) is 25.5 Å². The topological polar surface area (TPSA) is 17.1 Å². The Balaban J connectivity index is 2.15. The van der Waals surface area contributed by atoms with E-state index in [1.807, 2.05) is 0 Å². The Labute approximate surface area is 99.3 Å². The van der Waals surface area contributed by atoms with Crippen molar-refractivity contribution in [1.29, 1.82) is 0 Å². The van der Waals surface area contributed by atoms with E-state index in [0.29, 0.717) is 11.7 Å². The first kappa shape index (κ1) is 11.9. The fourth-order valence-corrected chi connectivity index (χ4v) is 3.33. The largest absolute Gasteiger partial charge is 0.299 e. The average molecular weight is 220 g/mol. The van der Waals surface area contributed by atoms with E-state index in [2.05, 4.69) is 19.9 Å². The number of carbonyl (C=O) groups excluding carboxylic acids is 1. The van der Waals surface area contributed by atoms with Crippen LogP contribution >= 0.6 is 0 Å². The van der Waals surface area contributed by atoms with Crippen molar-refractivity contribution in [3.63, 3.8) is 0 Å². The van der Waals surface area contributed by atoms with Crippen LogP contribution in [0.2, 0.25) is 0 Å². The molecule has 0 saturated heterocycles. The average Bonchev–Trinajstić information content (AvgIpc) is 2.84. The predicted octanol–water partition coefficient (Wildman–Crippen LogP) is 4.27. The molecular formula is C15H24O. The Bertz CT molecular complexity index is 301. The Morgan fingerprint density at radius 3 is 2.62 bits per heavy atom. The van der Waals surface area contributed by atoms with Crippen LogP contribution in [0, 0.1) is 11.3 Å². The third kappa shape index (κ3) is 2.09. The zero-order valence-electron chi connectivity index (χ0n) is 10.7. The highest BCUT2D eigenvalue weighted by Crippen LogP contribution is 2.49. The molecule has 0 amide bonds. The van der Waals surface area contributed by atoms with Crippen LogP contribution < -0.4 is 0 Å². The van der Waals surface area contributed by atoms with Crippen LogP contribution in [0.25, 0.3) is 0 Å². The quantitative estimate of drug-likeness (QED) is 0.646. The highest BCUT2D eigenvalue weighted by molar-refractivity contribution is 5.89. The number of hydrogen-bond acceptors (Lipinski definition) is 1. The predicted molar refractivity (Wildman–Crippen MR) is 67.3 cm³/mol. The fourth-order valence-electron chi connectivity index (χ4n) is 3.33. The zero-order valence-corrected chi connectivity index (χ0v) is 10.7. The Hall–Kier alpha value is -0.590. The Kier molecular flexibility index (Phi) is 3.51. The van der Waals surface area contributed by atoms with Crippen molar-refractivity contribution < 1.29 is 4.79 Å². The molecule has 0 spiro atoms. The second-order valence-corrected chi connectivity index (χ2v) is 5.91. The lowest BCUT2D eigenvalue weighted by Crippen LogP contribution is -2.28. The lowest BCUT2D eigenvalue weighted by atomic mass is 9.72. The number of hydrogen-bond donors (Lipinski definition) is 0. The van der Waals surface area contributed by atoms with Gasteiger partial charge in [-0.25, -0.2) is 0 Å². The van der Waals surface area contributed by atoms with Crippen molar-refractivity contribution in [3.8, 4) is 0 Å². The van der Waals surface area contributed by atoms with Crippen LogP contribution in [-0.4, -0.2) is 5.78 Å². The molecule has 90 valence electrons. The molecule has 0 aromatic heterocycles. The van der Waals surface area contributed by atoms with Crippen LogP contribution in [-0.2, 0) is 4.79 Å². The van der Waals surface area contributed by atoms with Gasteiger partial charge in [-0.05, 0) is 50.9 Å². The van der Waals surface area contributed by atoms with Crippen molar-refractivity contribution in [2.75, 3.05) is 0 Å². The summed E-state index contributed by atoms with van der Waals surface area (Å²) in [6, 6.07) is 0. The monoisotopic (exact) mass is 220 g/mol. The van der Waals surface area contributed by atoms with Gasteiger partial charge in [0.05, 0.1) is 0 Å². The second-order valence-electron chi connectivity index (χ2n) is 5.91. The third-order valence-electron chi connectivity index (χ3n) is 4.35. The molecule has 2 rings (SSSR count). The van der Waals surface area contributed by atoms with Crippen LogP contribution in [0.4, 0.5) is 0 Å². The van der Waals surface area contributed by atoms with Gasteiger partial charge in [0.15, 0.2) is 0 Å². The molecule has 0 aliphatic heterocycles. The van der Waals surface area contributed by atoms with E-state index < -0.39 is 0 Å². The van der Waals surface area contributed by atoms with E-state index >= 15 is 0 Å². The third-order valence-corrected chi connectivity index (χ3v) is 4.35. The summed E-state index contributed by atoms with van der Waals surface area (Å²) in [5, 5.41) is 0. The van der Waals surface area contributed by atoms with Crippen molar-refractivity contribution in [3.05, 3.63) is 11.6 Å². The van der Waals surface area contributed by atoms with Gasteiger partial charge in [-0.3, -0.25) is 4.79 Å². The molecule has 0 aromatic rings. The van der Waals surface area contributed by atoms with Crippen molar-refractivity contribution in [2.45, 2.75) is 65.2 Å². The Morgan fingerprint density at radius 2 is 2.12 bits per heavy atom. The van der Waals surface area contributed by atoms with E-state index in [1.54, 1.807) is 0 Å². The van der Waals surface area contributed by atoms with Gasteiger partial charge in [0.25, 0.3) is 0 Å². The highest BCUT2D eigenvalue weighted by Gasteiger charge is 2.44. The van der Waals surface area contributed by atoms with E-state index in [1.165, 1.54) is 31.3 Å². The SMILES string of the molecule is CC(C)CCC1(C2=CCCC2)CCCC1=O. The van der Waals surface area contributed by atoms with E-state index in [9.17, 15) is 4.79 Å². The van der Waals surface area contributed by atoms with Gasteiger partial charge in [0, 0.05) is 11.8 Å². The molecule has 1 fully saturated rings. The van der Waals surface area contributed by atoms with Gasteiger partial charge in [0.1, 0.15) is 5.78 Å². The van der Waals surface area contributed by atoms with E-state index in [-0.39, 0.29) is 5.41 Å². The first-order chi connectivity index (χ1) is 7.65. The minimum atomic E-state index is -0.0131. The molecule has 1 heteroatoms. The summed E-state index contributed by atoms with van der Waals surface area (Å²) in [6.07, 6.45) is 11.4. The molecule has 1 nitrogen and oxygen atoms in total. The number of allylic oxidation sites excluding steroid dienone is 2. The lowest BCUT2D eigenvalue weighted by Gasteiger charge is -2.30. The van der Waals surface area contributed by atoms with Gasteiger partial charge in [0.2, 0.25) is 0 Å². The molecular weight excluding hydrogens is 196 g/mol. The fraction of sp³-hybridized carbons (Fsp3) is 0.800. The number of rotatable bonds is 4. The van der Waals surface area contributed by atoms with Crippen molar-refractivity contribution in [2.24, 2.45) is 11.3 Å². The standard InChI is InChI=1S/C15H24O/c1-12(2)9-11-15(10-5-8-14(15)16)13-6-3-4-7-13/h6,12H,3-5,7-11H2,1-2H3.